The molecule has 2 aromatic rings. The Morgan fingerprint density at radius 3 is 2.15 bits per heavy atom. The molecule has 0 aliphatic carbocycles. The van der Waals surface area contributed by atoms with Crippen molar-refractivity contribution in [2.75, 3.05) is 0 Å². The zero-order valence-electron chi connectivity index (χ0n) is 15.0. The second-order valence-electron chi connectivity index (χ2n) is 6.79. The fourth-order valence-corrected chi connectivity index (χ4v) is 2.16. The number of nitrogens with one attached hydrogen (secondary N) is 1. The molecule has 0 aliphatic rings. The van der Waals surface area contributed by atoms with Gasteiger partial charge in [-0.15, -0.1) is 0 Å². The molecule has 0 heterocycles. The first-order chi connectivity index (χ1) is 12.3. The Morgan fingerprint density at radius 1 is 1.04 bits per heavy atom. The first-order valence-corrected chi connectivity index (χ1v) is 8.12. The highest BCUT2D eigenvalue weighted by atomic mass is 16.6. The highest BCUT2D eigenvalue weighted by molar-refractivity contribution is 5.92. The summed E-state index contributed by atoms with van der Waals surface area (Å²) in [5.41, 5.74) is 5.28. The quantitative estimate of drug-likeness (QED) is 0.381. The molecule has 6 heteroatoms. The van der Waals surface area contributed by atoms with Crippen LogP contribution in [0, 0.1) is 10.1 Å². The lowest BCUT2D eigenvalue weighted by Crippen LogP contribution is -2.14. The van der Waals surface area contributed by atoms with Gasteiger partial charge in [0.1, 0.15) is 0 Å². The summed E-state index contributed by atoms with van der Waals surface area (Å²) in [6, 6.07) is 13.9. The van der Waals surface area contributed by atoms with Gasteiger partial charge in [0, 0.05) is 18.2 Å². The van der Waals surface area contributed by atoms with Gasteiger partial charge in [-0.2, -0.15) is 5.10 Å². The van der Waals surface area contributed by atoms with Gasteiger partial charge in [0.05, 0.1) is 11.1 Å². The fraction of sp³-hybridized carbons (Fsp3) is 0.200. The van der Waals surface area contributed by atoms with Gasteiger partial charge in [0.25, 0.3) is 11.6 Å². The summed E-state index contributed by atoms with van der Waals surface area (Å²) in [7, 11) is 0. The number of nitro groups is 1. The second-order valence-corrected chi connectivity index (χ2v) is 6.79. The van der Waals surface area contributed by atoms with E-state index in [0.717, 1.165) is 5.56 Å². The predicted molar refractivity (Wildman–Crippen MR) is 103 cm³/mol. The molecule has 0 bridgehead atoms. The summed E-state index contributed by atoms with van der Waals surface area (Å²) in [6.07, 6.45) is 4.54. The van der Waals surface area contributed by atoms with Crippen molar-refractivity contribution < 1.29 is 9.72 Å². The molecule has 134 valence electrons. The minimum absolute atomic E-state index is 0.00611. The van der Waals surface area contributed by atoms with Crippen molar-refractivity contribution in [1.82, 2.24) is 5.43 Å². The van der Waals surface area contributed by atoms with E-state index in [2.05, 4.69) is 31.3 Å². The molecule has 0 aliphatic heterocycles. The molecular weight excluding hydrogens is 330 g/mol. The van der Waals surface area contributed by atoms with Crippen LogP contribution >= 0.6 is 0 Å². The lowest BCUT2D eigenvalue weighted by atomic mass is 9.87. The van der Waals surface area contributed by atoms with E-state index in [1.165, 1.54) is 30.0 Å². The summed E-state index contributed by atoms with van der Waals surface area (Å²) < 4.78 is 0. The van der Waals surface area contributed by atoms with Crippen LogP contribution in [-0.4, -0.2) is 17.0 Å². The predicted octanol–water partition coefficient (Wildman–Crippen LogP) is 4.06. The van der Waals surface area contributed by atoms with Crippen LogP contribution in [0.3, 0.4) is 0 Å². The molecule has 26 heavy (non-hydrogen) atoms. The molecule has 0 saturated carbocycles. The van der Waals surface area contributed by atoms with Crippen LogP contribution in [0.4, 0.5) is 5.69 Å². The van der Waals surface area contributed by atoms with Crippen molar-refractivity contribution >= 4 is 23.9 Å². The third-order valence-corrected chi connectivity index (χ3v) is 3.70. The molecule has 0 aromatic heterocycles. The molecule has 1 amide bonds. The minimum Gasteiger partial charge on any atom is -0.268 e. The fourth-order valence-electron chi connectivity index (χ4n) is 2.16. The molecule has 2 rings (SSSR count). The topological polar surface area (TPSA) is 84.6 Å². The zero-order chi connectivity index (χ0) is 19.2. The van der Waals surface area contributed by atoms with Crippen molar-refractivity contribution in [3.8, 4) is 0 Å². The normalized spacial score (nSPS) is 11.8. The molecule has 6 nitrogen and oxygen atoms in total. The summed E-state index contributed by atoms with van der Waals surface area (Å²) in [5, 5.41) is 14.4. The van der Waals surface area contributed by atoms with E-state index >= 15 is 0 Å². The number of rotatable bonds is 5. The minimum atomic E-state index is -0.471. The number of carbonyl (C=O) groups excluding carboxylic acids is 1. The van der Waals surface area contributed by atoms with Gasteiger partial charge >= 0.3 is 0 Å². The third kappa shape index (κ3) is 5.66. The number of nitro benzene ring substituents is 1. The Balaban J connectivity index is 1.89. The molecule has 2 aromatic carbocycles. The largest absolute Gasteiger partial charge is 0.269 e. The van der Waals surface area contributed by atoms with Crippen molar-refractivity contribution in [1.29, 1.82) is 0 Å². The Morgan fingerprint density at radius 2 is 1.62 bits per heavy atom. The van der Waals surface area contributed by atoms with Gasteiger partial charge in [-0.25, -0.2) is 5.43 Å². The van der Waals surface area contributed by atoms with Gasteiger partial charge in [0.15, 0.2) is 0 Å². The SMILES string of the molecule is CC(C)(C)c1ccc(/C=C/C(=O)N/N=C/c2ccc([N+](=O)[O-])cc2)cc1. The third-order valence-electron chi connectivity index (χ3n) is 3.70. The maximum atomic E-state index is 11.8. The lowest BCUT2D eigenvalue weighted by Gasteiger charge is -2.18. The number of carbonyl (C=O) groups is 1. The number of hydrazone groups is 1. The summed E-state index contributed by atoms with van der Waals surface area (Å²) >= 11 is 0. The average Bonchev–Trinajstić information content (AvgIpc) is 2.60. The maximum absolute atomic E-state index is 11.8. The summed E-state index contributed by atoms with van der Waals surface area (Å²) in [4.78, 5) is 21.9. The lowest BCUT2D eigenvalue weighted by molar-refractivity contribution is -0.384. The van der Waals surface area contributed by atoms with Crippen LogP contribution in [-0.2, 0) is 10.2 Å². The van der Waals surface area contributed by atoms with Gasteiger partial charge < -0.3 is 0 Å². The van der Waals surface area contributed by atoms with Crippen molar-refractivity contribution in [2.24, 2.45) is 5.10 Å². The van der Waals surface area contributed by atoms with Crippen LogP contribution in [0.25, 0.3) is 6.08 Å². The number of non-ortho nitro benzene ring substituents is 1. The van der Waals surface area contributed by atoms with Crippen LogP contribution in [0.5, 0.6) is 0 Å². The van der Waals surface area contributed by atoms with Crippen molar-refractivity contribution in [3.63, 3.8) is 0 Å². The second kappa shape index (κ2) is 8.20. The highest BCUT2D eigenvalue weighted by Gasteiger charge is 2.12. The van der Waals surface area contributed by atoms with E-state index in [0.29, 0.717) is 5.56 Å². The summed E-state index contributed by atoms with van der Waals surface area (Å²) in [5.74, 6) is -0.358. The van der Waals surface area contributed by atoms with E-state index in [1.54, 1.807) is 18.2 Å². The molecular formula is C20H21N3O3. The van der Waals surface area contributed by atoms with E-state index in [1.807, 2.05) is 24.3 Å². The highest BCUT2D eigenvalue weighted by Crippen LogP contribution is 2.22. The molecule has 0 radical (unpaired) electrons. The first kappa shape index (κ1) is 19.1. The number of nitrogens with zero attached hydrogens (tertiary/aromatic N) is 2. The Kier molecular flexibility index (Phi) is 6.01. The monoisotopic (exact) mass is 351 g/mol. The molecule has 0 spiro atoms. The first-order valence-electron chi connectivity index (χ1n) is 8.12. The van der Waals surface area contributed by atoms with Crippen molar-refractivity contribution in [2.45, 2.75) is 26.2 Å². The van der Waals surface area contributed by atoms with Crippen LogP contribution < -0.4 is 5.43 Å². The average molecular weight is 351 g/mol. The van der Waals surface area contributed by atoms with Crippen LogP contribution in [0.15, 0.2) is 59.7 Å². The maximum Gasteiger partial charge on any atom is 0.269 e. The molecule has 0 saturated heterocycles. The van der Waals surface area contributed by atoms with Gasteiger partial charge in [-0.3, -0.25) is 14.9 Å². The Labute approximate surface area is 152 Å². The molecule has 1 N–H and O–H groups in total. The molecule has 0 fully saturated rings. The Hall–Kier alpha value is -3.28. The van der Waals surface area contributed by atoms with Crippen molar-refractivity contribution in [3.05, 3.63) is 81.4 Å². The smallest absolute Gasteiger partial charge is 0.268 e. The Bertz CT molecular complexity index is 830. The van der Waals surface area contributed by atoms with E-state index in [4.69, 9.17) is 0 Å². The number of hydrogen-bond acceptors (Lipinski definition) is 4. The van der Waals surface area contributed by atoms with E-state index in [-0.39, 0.29) is 17.0 Å². The number of amides is 1. The summed E-state index contributed by atoms with van der Waals surface area (Å²) in [6.45, 7) is 6.44. The van der Waals surface area contributed by atoms with E-state index < -0.39 is 4.92 Å². The van der Waals surface area contributed by atoms with Gasteiger partial charge in [-0.1, -0.05) is 45.0 Å². The molecule has 0 atom stereocenters. The van der Waals surface area contributed by atoms with Crippen LogP contribution in [0.1, 0.15) is 37.5 Å². The number of hydrogen-bond donors (Lipinski definition) is 1. The van der Waals surface area contributed by atoms with Gasteiger partial charge in [-0.05, 0) is 40.3 Å². The number of benzene rings is 2. The van der Waals surface area contributed by atoms with E-state index in [9.17, 15) is 14.9 Å². The van der Waals surface area contributed by atoms with Gasteiger partial charge in [0.2, 0.25) is 0 Å². The standard InChI is InChI=1S/C20H21N3O3/c1-20(2,3)17-9-4-15(5-10-17)8-13-19(24)22-21-14-16-6-11-18(12-7-16)23(25)26/h4-14H,1-3H3,(H,22,24)/b13-8+,21-14+. The molecule has 0 unspecified atom stereocenters. The zero-order valence-corrected chi connectivity index (χ0v) is 15.0. The van der Waals surface area contributed by atoms with Crippen LogP contribution in [0.2, 0.25) is 0 Å².